The van der Waals surface area contributed by atoms with Crippen LogP contribution in [0.2, 0.25) is 0 Å². The van der Waals surface area contributed by atoms with Crippen LogP contribution >= 0.6 is 0 Å². The second-order valence-electron chi connectivity index (χ2n) is 6.04. The van der Waals surface area contributed by atoms with Crippen LogP contribution in [0.15, 0.2) is 36.4 Å². The maximum Gasteiger partial charge on any atom is 0.221 e. The van der Waals surface area contributed by atoms with Crippen molar-refractivity contribution in [1.29, 1.82) is 0 Å². The van der Waals surface area contributed by atoms with Crippen LogP contribution in [-0.2, 0) is 0 Å². The Morgan fingerprint density at radius 3 is 2.40 bits per heavy atom. The summed E-state index contributed by atoms with van der Waals surface area (Å²) in [7, 11) is 0. The van der Waals surface area contributed by atoms with Crippen LogP contribution < -0.4 is 10.1 Å². The van der Waals surface area contributed by atoms with Crippen molar-refractivity contribution in [2.75, 3.05) is 5.32 Å². The Morgan fingerprint density at radius 1 is 1.00 bits per heavy atom. The minimum Gasteiger partial charge on any atom is -0.439 e. The van der Waals surface area contributed by atoms with Gasteiger partial charge in [0.15, 0.2) is 0 Å². The highest BCUT2D eigenvalue weighted by atomic mass is 16.5. The lowest BCUT2D eigenvalue weighted by molar-refractivity contribution is 0.459. The van der Waals surface area contributed by atoms with Crippen LogP contribution in [0.4, 0.5) is 5.82 Å². The number of pyridine rings is 1. The topological polar surface area (TPSA) is 34.1 Å². The summed E-state index contributed by atoms with van der Waals surface area (Å²) in [5, 5.41) is 3.34. The molecule has 0 spiro atoms. The van der Waals surface area contributed by atoms with E-state index in [0.717, 1.165) is 17.1 Å². The summed E-state index contributed by atoms with van der Waals surface area (Å²) >= 11 is 0. The van der Waals surface area contributed by atoms with Crippen LogP contribution in [0.1, 0.15) is 31.9 Å². The molecule has 0 unspecified atom stereocenters. The minimum atomic E-state index is -0.0229. The van der Waals surface area contributed by atoms with E-state index in [1.807, 2.05) is 30.3 Å². The number of anilines is 1. The molecule has 3 heteroatoms. The first-order valence-electron chi connectivity index (χ1n) is 6.84. The number of aromatic nitrogens is 1. The number of benzene rings is 1. The zero-order chi connectivity index (χ0) is 14.8. The Bertz CT molecular complexity index is 600. The van der Waals surface area contributed by atoms with E-state index >= 15 is 0 Å². The van der Waals surface area contributed by atoms with E-state index in [1.165, 1.54) is 5.56 Å². The normalized spacial score (nSPS) is 11.2. The molecule has 0 amide bonds. The van der Waals surface area contributed by atoms with Crippen LogP contribution in [-0.4, -0.2) is 10.5 Å². The zero-order valence-corrected chi connectivity index (χ0v) is 12.8. The molecule has 2 aromatic rings. The van der Waals surface area contributed by atoms with Crippen molar-refractivity contribution in [3.63, 3.8) is 0 Å². The Balaban J connectivity index is 2.22. The van der Waals surface area contributed by atoms with Crippen molar-refractivity contribution in [3.05, 3.63) is 47.5 Å². The molecular formula is C17H22N2O. The predicted octanol–water partition coefficient (Wildman–Crippen LogP) is 4.70. The van der Waals surface area contributed by atoms with Crippen molar-refractivity contribution in [2.45, 2.75) is 40.2 Å². The van der Waals surface area contributed by atoms with Gasteiger partial charge in [-0.15, -0.1) is 0 Å². The summed E-state index contributed by atoms with van der Waals surface area (Å²) in [6.07, 6.45) is 0. The summed E-state index contributed by atoms with van der Waals surface area (Å²) in [6, 6.07) is 11.8. The maximum atomic E-state index is 5.89. The van der Waals surface area contributed by atoms with Crippen LogP contribution in [0.3, 0.4) is 0 Å². The number of nitrogens with zero attached hydrogens (tertiary/aromatic N) is 1. The highest BCUT2D eigenvalue weighted by Crippen LogP contribution is 2.26. The summed E-state index contributed by atoms with van der Waals surface area (Å²) in [4.78, 5) is 4.49. The van der Waals surface area contributed by atoms with Gasteiger partial charge in [0.2, 0.25) is 5.88 Å². The van der Waals surface area contributed by atoms with Gasteiger partial charge in [0.05, 0.1) is 0 Å². The number of hydrogen-bond acceptors (Lipinski definition) is 3. The van der Waals surface area contributed by atoms with E-state index in [4.69, 9.17) is 4.74 Å². The summed E-state index contributed by atoms with van der Waals surface area (Å²) in [5.74, 6) is 2.28. The molecule has 0 saturated heterocycles. The Labute approximate surface area is 121 Å². The van der Waals surface area contributed by atoms with E-state index in [2.05, 4.69) is 51.0 Å². The third-order valence-corrected chi connectivity index (χ3v) is 3.00. The smallest absolute Gasteiger partial charge is 0.221 e. The van der Waals surface area contributed by atoms with E-state index < -0.39 is 0 Å². The molecule has 2 rings (SSSR count). The standard InChI is InChI=1S/C17H22N2O/c1-12-8-6-9-14(13(12)2)20-16-11-7-10-15(18-16)19-17(3,4)5/h6-11H,1-5H3,(H,18,19). The summed E-state index contributed by atoms with van der Waals surface area (Å²) < 4.78 is 5.89. The third-order valence-electron chi connectivity index (χ3n) is 3.00. The fraction of sp³-hybridized carbons (Fsp3) is 0.353. The van der Waals surface area contributed by atoms with Gasteiger partial charge in [-0.3, -0.25) is 0 Å². The molecule has 106 valence electrons. The van der Waals surface area contributed by atoms with Gasteiger partial charge in [-0.25, -0.2) is 0 Å². The molecular weight excluding hydrogens is 248 g/mol. The largest absolute Gasteiger partial charge is 0.439 e. The fourth-order valence-corrected chi connectivity index (χ4v) is 1.87. The van der Waals surface area contributed by atoms with Gasteiger partial charge < -0.3 is 10.1 Å². The molecule has 3 nitrogen and oxygen atoms in total. The molecule has 0 aliphatic carbocycles. The average Bonchev–Trinajstić information content (AvgIpc) is 2.33. The van der Waals surface area contributed by atoms with E-state index in [1.54, 1.807) is 0 Å². The van der Waals surface area contributed by atoms with Gasteiger partial charge in [-0.05, 0) is 57.9 Å². The number of ether oxygens (including phenoxy) is 1. The summed E-state index contributed by atoms with van der Waals surface area (Å²) in [6.45, 7) is 10.4. The van der Waals surface area contributed by atoms with Crippen molar-refractivity contribution >= 4 is 5.82 Å². The fourth-order valence-electron chi connectivity index (χ4n) is 1.87. The van der Waals surface area contributed by atoms with Crippen molar-refractivity contribution < 1.29 is 4.74 Å². The summed E-state index contributed by atoms with van der Waals surface area (Å²) in [5.41, 5.74) is 2.33. The molecule has 0 atom stereocenters. The molecule has 0 aliphatic rings. The molecule has 0 radical (unpaired) electrons. The number of nitrogens with one attached hydrogen (secondary N) is 1. The molecule has 20 heavy (non-hydrogen) atoms. The van der Waals surface area contributed by atoms with Gasteiger partial charge in [0.25, 0.3) is 0 Å². The van der Waals surface area contributed by atoms with Gasteiger partial charge in [0.1, 0.15) is 11.6 Å². The number of hydrogen-bond donors (Lipinski definition) is 1. The van der Waals surface area contributed by atoms with Gasteiger partial charge in [-0.2, -0.15) is 4.98 Å². The number of rotatable bonds is 3. The third kappa shape index (κ3) is 3.73. The lowest BCUT2D eigenvalue weighted by Crippen LogP contribution is -2.26. The van der Waals surface area contributed by atoms with Crippen LogP contribution in [0.25, 0.3) is 0 Å². The SMILES string of the molecule is Cc1cccc(Oc2cccc(NC(C)(C)C)n2)c1C. The average molecular weight is 270 g/mol. The van der Waals surface area contributed by atoms with E-state index in [9.17, 15) is 0 Å². The van der Waals surface area contributed by atoms with Crippen LogP contribution in [0, 0.1) is 13.8 Å². The Kier molecular flexibility index (Phi) is 3.98. The lowest BCUT2D eigenvalue weighted by Gasteiger charge is -2.21. The second kappa shape index (κ2) is 5.53. The highest BCUT2D eigenvalue weighted by molar-refractivity contribution is 5.43. The maximum absolute atomic E-state index is 5.89. The predicted molar refractivity (Wildman–Crippen MR) is 83.6 cm³/mol. The van der Waals surface area contributed by atoms with Crippen molar-refractivity contribution in [2.24, 2.45) is 0 Å². The molecule has 1 N–H and O–H groups in total. The molecule has 0 bridgehead atoms. The molecule has 0 saturated carbocycles. The Hall–Kier alpha value is -2.03. The van der Waals surface area contributed by atoms with Gasteiger partial charge in [-0.1, -0.05) is 18.2 Å². The molecule has 0 fully saturated rings. The van der Waals surface area contributed by atoms with Crippen LogP contribution in [0.5, 0.6) is 11.6 Å². The molecule has 1 aromatic heterocycles. The minimum absolute atomic E-state index is 0.0229. The number of aryl methyl sites for hydroxylation is 1. The quantitative estimate of drug-likeness (QED) is 0.877. The zero-order valence-electron chi connectivity index (χ0n) is 12.8. The first-order chi connectivity index (χ1) is 9.35. The molecule has 1 aromatic carbocycles. The van der Waals surface area contributed by atoms with Gasteiger partial charge >= 0.3 is 0 Å². The second-order valence-corrected chi connectivity index (χ2v) is 6.04. The van der Waals surface area contributed by atoms with Crippen molar-refractivity contribution in [3.8, 4) is 11.6 Å². The van der Waals surface area contributed by atoms with E-state index in [-0.39, 0.29) is 5.54 Å². The molecule has 0 aliphatic heterocycles. The lowest BCUT2D eigenvalue weighted by atomic mass is 10.1. The monoisotopic (exact) mass is 270 g/mol. The first kappa shape index (κ1) is 14.4. The van der Waals surface area contributed by atoms with E-state index in [0.29, 0.717) is 5.88 Å². The first-order valence-corrected chi connectivity index (χ1v) is 6.84. The Morgan fingerprint density at radius 2 is 1.70 bits per heavy atom. The van der Waals surface area contributed by atoms with Crippen molar-refractivity contribution in [1.82, 2.24) is 4.98 Å². The highest BCUT2D eigenvalue weighted by Gasteiger charge is 2.11. The van der Waals surface area contributed by atoms with Gasteiger partial charge in [0, 0.05) is 11.6 Å². The molecule has 1 heterocycles.